The summed E-state index contributed by atoms with van der Waals surface area (Å²) in [5, 5.41) is 0. The van der Waals surface area contributed by atoms with Crippen molar-refractivity contribution in [2.24, 2.45) is 0 Å². The van der Waals surface area contributed by atoms with Crippen LogP contribution in [0.3, 0.4) is 0 Å². The molecule has 0 radical (unpaired) electrons. The fourth-order valence-corrected chi connectivity index (χ4v) is 2.35. The molecule has 156 valence electrons. The average molecular weight is 404 g/mol. The predicted octanol–water partition coefficient (Wildman–Crippen LogP) is 4.79. The van der Waals surface area contributed by atoms with Gasteiger partial charge in [-0.25, -0.2) is 0 Å². The summed E-state index contributed by atoms with van der Waals surface area (Å²) in [6.07, 6.45) is -9.81. The number of hydrogen-bond donors (Lipinski definition) is 0. The Kier molecular flexibility index (Phi) is 7.31. The first-order valence-corrected chi connectivity index (χ1v) is 7.75. The monoisotopic (exact) mass is 404 g/mol. The minimum absolute atomic E-state index is 0.176. The van der Waals surface area contributed by atoms with Crippen molar-refractivity contribution in [3.05, 3.63) is 34.9 Å². The van der Waals surface area contributed by atoms with Gasteiger partial charge in [0.05, 0.1) is 0 Å². The summed E-state index contributed by atoms with van der Waals surface area (Å²) in [4.78, 5) is 0. The Labute approximate surface area is 153 Å². The van der Waals surface area contributed by atoms with Crippen LogP contribution in [0, 0.1) is 6.92 Å². The van der Waals surface area contributed by atoms with Gasteiger partial charge in [-0.1, -0.05) is 17.7 Å². The summed E-state index contributed by atoms with van der Waals surface area (Å²) in [6, 6.07) is 3.00. The Bertz CT molecular complexity index is 581. The molecule has 2 unspecified atom stereocenters. The summed E-state index contributed by atoms with van der Waals surface area (Å²) in [7, 11) is 2.27. The molecular formula is C17H22F6O4. The lowest BCUT2D eigenvalue weighted by Gasteiger charge is -2.36. The number of hydrogen-bond acceptors (Lipinski definition) is 4. The third kappa shape index (κ3) is 4.92. The Hall–Kier alpha value is -1.36. The summed E-state index contributed by atoms with van der Waals surface area (Å²) in [5.74, 6) is 0. The van der Waals surface area contributed by atoms with Gasteiger partial charge in [-0.15, -0.1) is 0 Å². The van der Waals surface area contributed by atoms with Crippen molar-refractivity contribution in [2.45, 2.75) is 44.3 Å². The first-order chi connectivity index (χ1) is 12.2. The largest absolute Gasteiger partial charge is 0.421 e. The van der Waals surface area contributed by atoms with Gasteiger partial charge in [0, 0.05) is 14.2 Å². The summed E-state index contributed by atoms with van der Waals surface area (Å²) < 4.78 is 101. The van der Waals surface area contributed by atoms with E-state index in [1.807, 2.05) is 0 Å². The van der Waals surface area contributed by atoms with Crippen molar-refractivity contribution in [3.63, 3.8) is 0 Å². The fourth-order valence-electron chi connectivity index (χ4n) is 2.35. The van der Waals surface area contributed by atoms with Crippen molar-refractivity contribution in [2.75, 3.05) is 27.8 Å². The third-order valence-electron chi connectivity index (χ3n) is 4.19. The molecule has 0 fully saturated rings. The van der Waals surface area contributed by atoms with Crippen LogP contribution in [0.4, 0.5) is 26.3 Å². The van der Waals surface area contributed by atoms with Crippen molar-refractivity contribution in [3.8, 4) is 0 Å². The molecule has 0 aromatic heterocycles. The maximum absolute atomic E-state index is 13.7. The molecule has 0 aliphatic heterocycles. The minimum Gasteiger partial charge on any atom is -0.359 e. The molecule has 0 aliphatic rings. The van der Waals surface area contributed by atoms with Gasteiger partial charge in [0.2, 0.25) is 0 Å². The van der Waals surface area contributed by atoms with Crippen molar-refractivity contribution in [1.29, 1.82) is 0 Å². The van der Waals surface area contributed by atoms with E-state index in [2.05, 4.69) is 9.47 Å². The lowest BCUT2D eigenvalue weighted by atomic mass is 9.86. The molecule has 27 heavy (non-hydrogen) atoms. The molecule has 0 heterocycles. The van der Waals surface area contributed by atoms with Crippen LogP contribution in [0.1, 0.15) is 30.5 Å². The van der Waals surface area contributed by atoms with E-state index in [1.54, 1.807) is 0 Å². The normalized spacial score (nSPS) is 17.4. The quantitative estimate of drug-likeness (QED) is 0.461. The fraction of sp³-hybridized carbons (Fsp3) is 0.647. The zero-order valence-electron chi connectivity index (χ0n) is 15.5. The van der Waals surface area contributed by atoms with Gasteiger partial charge in [-0.05, 0) is 38.0 Å². The van der Waals surface area contributed by atoms with E-state index in [1.165, 1.54) is 6.92 Å². The smallest absolute Gasteiger partial charge is 0.359 e. The van der Waals surface area contributed by atoms with Crippen molar-refractivity contribution in [1.82, 2.24) is 0 Å². The first-order valence-electron chi connectivity index (χ1n) is 7.75. The topological polar surface area (TPSA) is 36.9 Å². The molecule has 0 amide bonds. The van der Waals surface area contributed by atoms with Gasteiger partial charge in [0.25, 0.3) is 0 Å². The third-order valence-corrected chi connectivity index (χ3v) is 4.19. The first kappa shape index (κ1) is 23.7. The molecule has 0 saturated carbocycles. The summed E-state index contributed by atoms with van der Waals surface area (Å²) in [5.41, 5.74) is -6.58. The van der Waals surface area contributed by atoms with E-state index < -0.39 is 48.3 Å². The molecule has 10 heteroatoms. The van der Waals surface area contributed by atoms with Crippen molar-refractivity contribution < 1.29 is 45.3 Å². The van der Waals surface area contributed by atoms with E-state index in [-0.39, 0.29) is 5.56 Å². The van der Waals surface area contributed by atoms with E-state index >= 15 is 0 Å². The van der Waals surface area contributed by atoms with Crippen LogP contribution in [0.2, 0.25) is 0 Å². The second-order valence-electron chi connectivity index (χ2n) is 6.25. The highest BCUT2D eigenvalue weighted by atomic mass is 19.4. The molecule has 4 nitrogen and oxygen atoms in total. The van der Waals surface area contributed by atoms with E-state index in [0.29, 0.717) is 0 Å². The zero-order valence-corrected chi connectivity index (χ0v) is 15.5. The van der Waals surface area contributed by atoms with Crippen LogP contribution in [0.25, 0.3) is 0 Å². The Morgan fingerprint density at radius 2 is 1.04 bits per heavy atom. The Morgan fingerprint density at radius 3 is 1.30 bits per heavy atom. The lowest BCUT2D eigenvalue weighted by Crippen LogP contribution is -2.45. The van der Waals surface area contributed by atoms with E-state index in [4.69, 9.17) is 9.47 Å². The van der Waals surface area contributed by atoms with Crippen LogP contribution in [0.15, 0.2) is 18.2 Å². The van der Waals surface area contributed by atoms with Crippen LogP contribution >= 0.6 is 0 Å². The van der Waals surface area contributed by atoms with Gasteiger partial charge < -0.3 is 18.9 Å². The zero-order chi connectivity index (χ0) is 21.1. The highest BCUT2D eigenvalue weighted by Crippen LogP contribution is 2.46. The number of alkyl halides is 6. The maximum atomic E-state index is 13.7. The van der Waals surface area contributed by atoms with Crippen LogP contribution in [-0.2, 0) is 30.1 Å². The van der Waals surface area contributed by atoms with Gasteiger partial charge >= 0.3 is 12.4 Å². The summed E-state index contributed by atoms with van der Waals surface area (Å²) >= 11 is 0. The number of aryl methyl sites for hydroxylation is 1. The standard InChI is InChI=1S/C17H22F6O4/c1-11-6-12(14(2,16(18,19)20)26-9-24-4)8-13(7-11)15(3,17(21,22)23)27-10-25-5/h6-8H,9-10H2,1-5H3. The second-order valence-corrected chi connectivity index (χ2v) is 6.25. The summed E-state index contributed by atoms with van der Waals surface area (Å²) in [6.45, 7) is 1.44. The molecule has 0 N–H and O–H groups in total. The molecule has 0 bridgehead atoms. The van der Waals surface area contributed by atoms with E-state index in [0.717, 1.165) is 46.3 Å². The molecule has 0 spiro atoms. The molecule has 0 saturated heterocycles. The SMILES string of the molecule is COCOC(C)(c1cc(C)cc(C(C)(OCOC)C(F)(F)F)c1)C(F)(F)F. The van der Waals surface area contributed by atoms with Gasteiger partial charge in [0.1, 0.15) is 13.6 Å². The van der Waals surface area contributed by atoms with Gasteiger partial charge in [-0.2, -0.15) is 26.3 Å². The lowest BCUT2D eigenvalue weighted by molar-refractivity contribution is -0.298. The Morgan fingerprint density at radius 1 is 0.704 bits per heavy atom. The molecule has 1 aromatic rings. The van der Waals surface area contributed by atoms with Gasteiger partial charge in [0.15, 0.2) is 11.2 Å². The molecule has 2 atom stereocenters. The number of rotatable bonds is 8. The van der Waals surface area contributed by atoms with Gasteiger partial charge in [-0.3, -0.25) is 0 Å². The Balaban J connectivity index is 3.60. The number of benzene rings is 1. The number of halogens is 6. The van der Waals surface area contributed by atoms with E-state index in [9.17, 15) is 26.3 Å². The maximum Gasteiger partial charge on any atom is 0.421 e. The molecular weight excluding hydrogens is 382 g/mol. The highest BCUT2D eigenvalue weighted by molar-refractivity contribution is 5.37. The predicted molar refractivity (Wildman–Crippen MR) is 83.9 cm³/mol. The number of methoxy groups -OCH3 is 2. The average Bonchev–Trinajstić information content (AvgIpc) is 2.54. The van der Waals surface area contributed by atoms with Crippen LogP contribution in [0.5, 0.6) is 0 Å². The number of ether oxygens (including phenoxy) is 4. The second kappa shape index (κ2) is 8.34. The molecule has 1 aromatic carbocycles. The minimum atomic E-state index is -4.90. The molecule has 1 rings (SSSR count). The van der Waals surface area contributed by atoms with Crippen LogP contribution < -0.4 is 0 Å². The van der Waals surface area contributed by atoms with Crippen molar-refractivity contribution >= 4 is 0 Å². The molecule has 0 aliphatic carbocycles. The van der Waals surface area contributed by atoms with Crippen LogP contribution in [-0.4, -0.2) is 40.2 Å². The highest BCUT2D eigenvalue weighted by Gasteiger charge is 2.57.